The Balaban J connectivity index is 2.10. The minimum absolute atomic E-state index is 0.0309. The fourth-order valence-electron chi connectivity index (χ4n) is 4.30. The zero-order chi connectivity index (χ0) is 29.3. The number of ether oxygens (including phenoxy) is 1. The topological polar surface area (TPSA) is 96.0 Å². The molecule has 1 atom stereocenters. The van der Waals surface area contributed by atoms with Crippen LogP contribution in [0.2, 0.25) is 5.02 Å². The van der Waals surface area contributed by atoms with E-state index in [0.29, 0.717) is 23.7 Å². The zero-order valence-electron chi connectivity index (χ0n) is 23.3. The standard InChI is InChI=1S/C30H36ClN3O5S/c1-5-18-32-30(36)26(6-2)33(20-23-13-15-24(31)16-14-23)29(35)21-34(27-19-22(3)12-17-28(27)39-4)40(37,38)25-10-8-7-9-11-25/h7-17,19,26H,5-6,18,20-21H2,1-4H3,(H,32,36). The molecule has 8 nitrogen and oxygen atoms in total. The summed E-state index contributed by atoms with van der Waals surface area (Å²) >= 11 is 6.06. The molecule has 2 amide bonds. The van der Waals surface area contributed by atoms with Gasteiger partial charge in [0, 0.05) is 18.1 Å². The van der Waals surface area contributed by atoms with E-state index < -0.39 is 28.5 Å². The molecule has 0 radical (unpaired) electrons. The van der Waals surface area contributed by atoms with Gasteiger partial charge < -0.3 is 15.0 Å². The van der Waals surface area contributed by atoms with E-state index in [2.05, 4.69) is 5.32 Å². The van der Waals surface area contributed by atoms with Gasteiger partial charge in [0.1, 0.15) is 18.3 Å². The number of amides is 2. The van der Waals surface area contributed by atoms with Gasteiger partial charge in [-0.2, -0.15) is 0 Å². The van der Waals surface area contributed by atoms with Crippen molar-refractivity contribution in [1.29, 1.82) is 0 Å². The van der Waals surface area contributed by atoms with E-state index in [-0.39, 0.29) is 23.0 Å². The van der Waals surface area contributed by atoms with Crippen LogP contribution in [0.5, 0.6) is 5.75 Å². The number of nitrogens with one attached hydrogen (secondary N) is 1. The second-order valence-corrected chi connectivity index (χ2v) is 11.7. The number of carbonyl (C=O) groups is 2. The van der Waals surface area contributed by atoms with E-state index >= 15 is 0 Å². The lowest BCUT2D eigenvalue weighted by Crippen LogP contribution is -2.52. The third kappa shape index (κ3) is 7.55. The van der Waals surface area contributed by atoms with Crippen molar-refractivity contribution in [2.45, 2.75) is 51.1 Å². The smallest absolute Gasteiger partial charge is 0.264 e. The molecule has 0 aliphatic carbocycles. The number of sulfonamides is 1. The van der Waals surface area contributed by atoms with Crippen molar-refractivity contribution in [1.82, 2.24) is 10.2 Å². The molecule has 0 aliphatic heterocycles. The average molecular weight is 586 g/mol. The van der Waals surface area contributed by atoms with Crippen LogP contribution < -0.4 is 14.4 Å². The van der Waals surface area contributed by atoms with E-state index in [1.165, 1.54) is 24.1 Å². The molecule has 214 valence electrons. The van der Waals surface area contributed by atoms with Gasteiger partial charge >= 0.3 is 0 Å². The average Bonchev–Trinajstić information content (AvgIpc) is 2.95. The molecule has 0 heterocycles. The Bertz CT molecular complexity index is 1400. The molecule has 40 heavy (non-hydrogen) atoms. The van der Waals surface area contributed by atoms with Gasteiger partial charge in [-0.05, 0) is 67.3 Å². The van der Waals surface area contributed by atoms with Crippen LogP contribution in [-0.2, 0) is 26.2 Å². The molecular weight excluding hydrogens is 550 g/mol. The number of benzene rings is 3. The van der Waals surface area contributed by atoms with Crippen molar-refractivity contribution in [3.05, 3.63) is 88.9 Å². The van der Waals surface area contributed by atoms with Crippen molar-refractivity contribution < 1.29 is 22.7 Å². The van der Waals surface area contributed by atoms with Crippen LogP contribution in [0.25, 0.3) is 0 Å². The highest BCUT2D eigenvalue weighted by atomic mass is 35.5. The summed E-state index contributed by atoms with van der Waals surface area (Å²) in [6.07, 6.45) is 1.08. The maximum atomic E-state index is 14.1. The fourth-order valence-corrected chi connectivity index (χ4v) is 5.86. The third-order valence-electron chi connectivity index (χ3n) is 6.41. The predicted octanol–water partition coefficient (Wildman–Crippen LogP) is 5.19. The van der Waals surface area contributed by atoms with Crippen molar-refractivity contribution in [2.75, 3.05) is 24.5 Å². The first-order chi connectivity index (χ1) is 19.1. The van der Waals surface area contributed by atoms with Gasteiger partial charge in [-0.25, -0.2) is 8.42 Å². The van der Waals surface area contributed by atoms with Crippen LogP contribution in [0.1, 0.15) is 37.8 Å². The Morgan fingerprint density at radius 2 is 1.68 bits per heavy atom. The second-order valence-electron chi connectivity index (χ2n) is 9.36. The number of hydrogen-bond acceptors (Lipinski definition) is 5. The molecule has 1 N–H and O–H groups in total. The summed E-state index contributed by atoms with van der Waals surface area (Å²) in [7, 11) is -2.74. The maximum Gasteiger partial charge on any atom is 0.264 e. The first-order valence-electron chi connectivity index (χ1n) is 13.2. The minimum Gasteiger partial charge on any atom is -0.495 e. The van der Waals surface area contributed by atoms with Crippen molar-refractivity contribution in [2.24, 2.45) is 0 Å². The number of rotatable bonds is 13. The van der Waals surface area contributed by atoms with Crippen LogP contribution in [0, 0.1) is 6.92 Å². The van der Waals surface area contributed by atoms with Gasteiger partial charge in [0.25, 0.3) is 10.0 Å². The highest BCUT2D eigenvalue weighted by Gasteiger charge is 2.34. The first-order valence-corrected chi connectivity index (χ1v) is 15.0. The molecular formula is C30H36ClN3O5S. The monoisotopic (exact) mass is 585 g/mol. The summed E-state index contributed by atoms with van der Waals surface area (Å²) in [6, 6.07) is 19.2. The SMILES string of the molecule is CCCNC(=O)C(CC)N(Cc1ccc(Cl)cc1)C(=O)CN(c1cc(C)ccc1OC)S(=O)(=O)c1ccccc1. The highest BCUT2D eigenvalue weighted by Crippen LogP contribution is 2.33. The zero-order valence-corrected chi connectivity index (χ0v) is 24.8. The molecule has 1 unspecified atom stereocenters. The van der Waals surface area contributed by atoms with E-state index in [4.69, 9.17) is 16.3 Å². The third-order valence-corrected chi connectivity index (χ3v) is 8.44. The lowest BCUT2D eigenvalue weighted by atomic mass is 10.1. The Morgan fingerprint density at radius 3 is 2.27 bits per heavy atom. The number of nitrogens with zero attached hydrogens (tertiary/aromatic N) is 2. The number of methoxy groups -OCH3 is 1. The Kier molecular flexibility index (Phi) is 11.0. The van der Waals surface area contributed by atoms with Crippen LogP contribution in [0.15, 0.2) is 77.7 Å². The number of anilines is 1. The number of aryl methyl sites for hydroxylation is 1. The minimum atomic E-state index is -4.19. The van der Waals surface area contributed by atoms with Crippen LogP contribution >= 0.6 is 11.6 Å². The molecule has 0 saturated carbocycles. The molecule has 3 aromatic rings. The normalized spacial score (nSPS) is 11.9. The first kappa shape index (κ1) is 31.0. The van der Waals surface area contributed by atoms with Gasteiger partial charge in [-0.3, -0.25) is 13.9 Å². The fraction of sp³-hybridized carbons (Fsp3) is 0.333. The number of carbonyl (C=O) groups excluding carboxylic acids is 2. The number of halogens is 1. The predicted molar refractivity (Wildman–Crippen MR) is 158 cm³/mol. The summed E-state index contributed by atoms with van der Waals surface area (Å²) < 4.78 is 34.5. The van der Waals surface area contributed by atoms with E-state index in [1.807, 2.05) is 20.8 Å². The molecule has 0 aliphatic rings. The summed E-state index contributed by atoms with van der Waals surface area (Å²) in [4.78, 5) is 28.7. The summed E-state index contributed by atoms with van der Waals surface area (Å²) in [6.45, 7) is 5.61. The second kappa shape index (κ2) is 14.2. The molecule has 0 saturated heterocycles. The van der Waals surface area contributed by atoms with Crippen molar-refractivity contribution >= 4 is 39.1 Å². The maximum absolute atomic E-state index is 14.1. The quantitative estimate of drug-likeness (QED) is 0.298. The van der Waals surface area contributed by atoms with E-state index in [9.17, 15) is 18.0 Å². The van der Waals surface area contributed by atoms with Gasteiger partial charge in [0.2, 0.25) is 11.8 Å². The Hall–Kier alpha value is -3.56. The van der Waals surface area contributed by atoms with Crippen LogP contribution in [-0.4, -0.2) is 51.4 Å². The van der Waals surface area contributed by atoms with E-state index in [1.54, 1.807) is 60.7 Å². The summed E-state index contributed by atoms with van der Waals surface area (Å²) in [5.74, 6) is -0.524. The van der Waals surface area contributed by atoms with Crippen LogP contribution in [0.3, 0.4) is 0 Å². The lowest BCUT2D eigenvalue weighted by Gasteiger charge is -2.33. The molecule has 3 rings (SSSR count). The summed E-state index contributed by atoms with van der Waals surface area (Å²) in [5.41, 5.74) is 1.78. The molecule has 0 spiro atoms. The molecule has 3 aromatic carbocycles. The summed E-state index contributed by atoms with van der Waals surface area (Å²) in [5, 5.41) is 3.42. The number of hydrogen-bond donors (Lipinski definition) is 1. The van der Waals surface area contributed by atoms with E-state index in [0.717, 1.165) is 21.9 Å². The van der Waals surface area contributed by atoms with Gasteiger partial charge in [0.15, 0.2) is 0 Å². The molecule has 0 aromatic heterocycles. The molecule has 10 heteroatoms. The Morgan fingerprint density at radius 1 is 1.00 bits per heavy atom. The van der Waals surface area contributed by atoms with Crippen molar-refractivity contribution in [3.8, 4) is 5.75 Å². The van der Waals surface area contributed by atoms with Gasteiger partial charge in [-0.15, -0.1) is 0 Å². The van der Waals surface area contributed by atoms with Crippen molar-refractivity contribution in [3.63, 3.8) is 0 Å². The lowest BCUT2D eigenvalue weighted by molar-refractivity contribution is -0.140. The highest BCUT2D eigenvalue weighted by molar-refractivity contribution is 7.92. The largest absolute Gasteiger partial charge is 0.495 e. The van der Waals surface area contributed by atoms with Gasteiger partial charge in [-0.1, -0.05) is 61.8 Å². The molecule has 0 bridgehead atoms. The Labute approximate surface area is 241 Å². The molecule has 0 fully saturated rings. The van der Waals surface area contributed by atoms with Gasteiger partial charge in [0.05, 0.1) is 17.7 Å². The van der Waals surface area contributed by atoms with Crippen LogP contribution in [0.4, 0.5) is 5.69 Å².